The van der Waals surface area contributed by atoms with Gasteiger partial charge in [0.25, 0.3) is 5.91 Å². The number of aromatic hydroxyl groups is 1. The van der Waals surface area contributed by atoms with Crippen molar-refractivity contribution in [1.29, 1.82) is 0 Å². The summed E-state index contributed by atoms with van der Waals surface area (Å²) in [5, 5.41) is 43.1. The van der Waals surface area contributed by atoms with Crippen LogP contribution in [0.5, 0.6) is 5.75 Å². The van der Waals surface area contributed by atoms with E-state index in [2.05, 4.69) is 0 Å². The van der Waals surface area contributed by atoms with E-state index in [-0.39, 0.29) is 42.8 Å². The molecule has 4 rings (SSSR count). The molecule has 1 amide bonds. The highest BCUT2D eigenvalue weighted by Gasteiger charge is 2.59. The van der Waals surface area contributed by atoms with Gasteiger partial charge in [-0.05, 0) is 62.5 Å². The normalized spacial score (nSPS) is 24.9. The molecular formula is C27H30N2O9. The largest absolute Gasteiger partial charge is 0.511 e. The van der Waals surface area contributed by atoms with E-state index in [1.54, 1.807) is 6.07 Å². The molecule has 11 heteroatoms. The minimum absolute atomic E-state index is 0.0235. The molecule has 0 spiro atoms. The molecular weight excluding hydrogens is 496 g/mol. The number of aliphatic hydroxyl groups is 3. The van der Waals surface area contributed by atoms with Gasteiger partial charge in [0, 0.05) is 30.5 Å². The summed E-state index contributed by atoms with van der Waals surface area (Å²) >= 11 is 0. The zero-order valence-electron chi connectivity index (χ0n) is 21.1. The Hall–Kier alpha value is -3.96. The first-order valence-corrected chi connectivity index (χ1v) is 12.2. The number of hydrogen-bond donors (Lipinski definition) is 5. The number of carbonyl (C=O) groups excluding carboxylic acids is 4. The molecule has 1 aromatic carbocycles. The Bertz CT molecular complexity index is 1320. The van der Waals surface area contributed by atoms with Crippen LogP contribution in [0.25, 0.3) is 6.08 Å². The van der Waals surface area contributed by atoms with Crippen LogP contribution in [-0.4, -0.2) is 81.6 Å². The average molecular weight is 527 g/mol. The van der Waals surface area contributed by atoms with Crippen LogP contribution in [-0.2, 0) is 25.5 Å². The van der Waals surface area contributed by atoms with Crippen LogP contribution in [0.2, 0.25) is 0 Å². The third kappa shape index (κ3) is 4.48. The van der Waals surface area contributed by atoms with Gasteiger partial charge in [-0.25, -0.2) is 4.79 Å². The number of ketones is 2. The van der Waals surface area contributed by atoms with Gasteiger partial charge in [0.1, 0.15) is 22.8 Å². The highest BCUT2D eigenvalue weighted by molar-refractivity contribution is 6.24. The number of fused-ring (bicyclic) bond motifs is 3. The maximum absolute atomic E-state index is 13.5. The number of allylic oxidation sites excluding steroid dienone is 2. The molecule has 0 radical (unpaired) electrons. The molecule has 0 saturated heterocycles. The third-order valence-electron chi connectivity index (χ3n) is 7.37. The minimum Gasteiger partial charge on any atom is -0.511 e. The van der Waals surface area contributed by atoms with Crippen molar-refractivity contribution in [2.24, 2.45) is 17.6 Å². The highest BCUT2D eigenvalue weighted by atomic mass is 16.5. The summed E-state index contributed by atoms with van der Waals surface area (Å²) < 4.78 is 5.19. The van der Waals surface area contributed by atoms with Gasteiger partial charge in [0.2, 0.25) is 5.78 Å². The Morgan fingerprint density at radius 1 is 1.18 bits per heavy atom. The summed E-state index contributed by atoms with van der Waals surface area (Å²) in [5.74, 6) is -7.43. The number of benzene rings is 1. The molecule has 0 unspecified atom stereocenters. The summed E-state index contributed by atoms with van der Waals surface area (Å²) in [4.78, 5) is 52.4. The van der Waals surface area contributed by atoms with Crippen LogP contribution >= 0.6 is 0 Å². The summed E-state index contributed by atoms with van der Waals surface area (Å²) in [6, 6.07) is 2.82. The van der Waals surface area contributed by atoms with Gasteiger partial charge in [0.15, 0.2) is 11.4 Å². The van der Waals surface area contributed by atoms with Crippen LogP contribution < -0.4 is 5.73 Å². The second kappa shape index (κ2) is 10.1. The summed E-state index contributed by atoms with van der Waals surface area (Å²) in [6.07, 6.45) is 3.23. The third-order valence-corrected chi connectivity index (χ3v) is 7.37. The number of carbonyl (C=O) groups is 4. The molecule has 0 fully saturated rings. The van der Waals surface area contributed by atoms with Gasteiger partial charge in [0.05, 0.1) is 12.2 Å². The van der Waals surface area contributed by atoms with Crippen molar-refractivity contribution in [3.05, 3.63) is 57.6 Å². The van der Waals surface area contributed by atoms with Crippen molar-refractivity contribution < 1.29 is 44.3 Å². The highest BCUT2D eigenvalue weighted by Crippen LogP contribution is 2.51. The van der Waals surface area contributed by atoms with Gasteiger partial charge < -0.3 is 35.8 Å². The van der Waals surface area contributed by atoms with Crippen molar-refractivity contribution in [2.45, 2.75) is 31.3 Å². The van der Waals surface area contributed by atoms with Gasteiger partial charge in [-0.15, -0.1) is 0 Å². The zero-order valence-corrected chi connectivity index (χ0v) is 21.1. The van der Waals surface area contributed by atoms with Gasteiger partial charge in [-0.3, -0.25) is 14.4 Å². The van der Waals surface area contributed by atoms with Gasteiger partial charge >= 0.3 is 5.97 Å². The van der Waals surface area contributed by atoms with Crippen LogP contribution in [0.3, 0.4) is 0 Å². The second-order valence-corrected chi connectivity index (χ2v) is 10.1. The van der Waals surface area contributed by atoms with E-state index < -0.39 is 58.0 Å². The first-order chi connectivity index (χ1) is 17.9. The lowest BCUT2D eigenvalue weighted by Gasteiger charge is -2.45. The number of hydrogen-bond acceptors (Lipinski definition) is 10. The van der Waals surface area contributed by atoms with Crippen molar-refractivity contribution >= 4 is 29.5 Å². The number of rotatable bonds is 7. The van der Waals surface area contributed by atoms with E-state index in [0.717, 1.165) is 6.54 Å². The Kier molecular flexibility index (Phi) is 7.18. The SMILES string of the molecule is CN(C)CCCOC(=O)/C=C/c1ccc(O)c2c1C[C@H]1C[C@H]3CC(O)=C(C(N)=O)C(=O)[C@@]3(O)C(O)=C1C2=O. The molecule has 0 bridgehead atoms. The summed E-state index contributed by atoms with van der Waals surface area (Å²) in [5.41, 5.74) is 2.31. The number of primary amides is 1. The van der Waals surface area contributed by atoms with Crippen LogP contribution in [0.4, 0.5) is 0 Å². The Labute approximate surface area is 218 Å². The van der Waals surface area contributed by atoms with Gasteiger partial charge in [-0.2, -0.15) is 0 Å². The van der Waals surface area contributed by atoms with E-state index >= 15 is 0 Å². The molecule has 11 nitrogen and oxygen atoms in total. The summed E-state index contributed by atoms with van der Waals surface area (Å²) in [6.45, 7) is 0.999. The summed E-state index contributed by atoms with van der Waals surface area (Å²) in [7, 11) is 3.82. The molecule has 3 aliphatic rings. The maximum Gasteiger partial charge on any atom is 0.330 e. The smallest absolute Gasteiger partial charge is 0.330 e. The van der Waals surface area contributed by atoms with Gasteiger partial charge in [-0.1, -0.05) is 6.07 Å². The number of ether oxygens (including phenoxy) is 1. The topological polar surface area (TPSA) is 188 Å². The quantitative estimate of drug-likeness (QED) is 0.149. The lowest BCUT2D eigenvalue weighted by molar-refractivity contribution is -0.144. The number of nitrogens with zero attached hydrogens (tertiary/aromatic N) is 1. The first kappa shape index (κ1) is 27.1. The Balaban J connectivity index is 1.67. The molecule has 0 saturated carbocycles. The maximum atomic E-state index is 13.5. The van der Waals surface area contributed by atoms with E-state index in [0.29, 0.717) is 17.5 Å². The fourth-order valence-electron chi connectivity index (χ4n) is 5.56. The fourth-order valence-corrected chi connectivity index (χ4v) is 5.56. The van der Waals surface area contributed by atoms with E-state index in [1.165, 1.54) is 18.2 Å². The van der Waals surface area contributed by atoms with E-state index in [1.807, 2.05) is 19.0 Å². The lowest BCUT2D eigenvalue weighted by Crippen LogP contribution is -2.57. The van der Waals surface area contributed by atoms with E-state index in [9.17, 15) is 39.6 Å². The molecule has 0 aliphatic heterocycles. The zero-order chi connectivity index (χ0) is 27.9. The van der Waals surface area contributed by atoms with Crippen molar-refractivity contribution in [2.75, 3.05) is 27.2 Å². The lowest BCUT2D eigenvalue weighted by atomic mass is 9.60. The van der Waals surface area contributed by atoms with Crippen molar-refractivity contribution in [1.82, 2.24) is 4.90 Å². The Morgan fingerprint density at radius 3 is 2.55 bits per heavy atom. The number of nitrogens with two attached hydrogens (primary N) is 1. The number of amides is 1. The molecule has 0 heterocycles. The van der Waals surface area contributed by atoms with Crippen molar-refractivity contribution in [3.8, 4) is 5.75 Å². The van der Waals surface area contributed by atoms with Crippen molar-refractivity contribution in [3.63, 3.8) is 0 Å². The number of phenolic OH excluding ortho intramolecular Hbond substituents is 1. The molecule has 1 aromatic rings. The second-order valence-electron chi connectivity index (χ2n) is 10.1. The fraction of sp³-hybridized carbons (Fsp3) is 0.407. The molecule has 3 atom stereocenters. The van der Waals surface area contributed by atoms with Crippen LogP contribution in [0.15, 0.2) is 40.9 Å². The van der Waals surface area contributed by atoms with Crippen LogP contribution in [0.1, 0.15) is 40.7 Å². The number of Topliss-reactive ketones (excluding diaryl/α,β-unsaturated/α-hetero) is 2. The minimum atomic E-state index is -2.61. The molecule has 202 valence electrons. The average Bonchev–Trinajstić information content (AvgIpc) is 2.83. The monoisotopic (exact) mass is 526 g/mol. The first-order valence-electron chi connectivity index (χ1n) is 12.2. The predicted octanol–water partition coefficient (Wildman–Crippen LogP) is 1.09. The number of esters is 1. The predicted molar refractivity (Wildman–Crippen MR) is 134 cm³/mol. The van der Waals surface area contributed by atoms with E-state index in [4.69, 9.17) is 10.5 Å². The van der Waals surface area contributed by atoms with Crippen LogP contribution in [0, 0.1) is 11.8 Å². The Morgan fingerprint density at radius 2 is 1.89 bits per heavy atom. The molecule has 0 aromatic heterocycles. The molecule has 38 heavy (non-hydrogen) atoms. The molecule has 3 aliphatic carbocycles. The standard InChI is InChI=1S/C27H30N2O9/c1-29(2)8-3-9-38-19(32)7-5-13-4-6-17(30)21-16(13)11-14-10-15-12-18(31)22(26(28)36)25(35)27(15,37)24(34)20(14)23(21)33/h4-7,14-15,30-31,34,37H,3,8-12H2,1-2H3,(H2,28,36)/b7-5+/t14-,15+,27+/m1/s1. The number of phenols is 1. The molecule has 6 N–H and O–H groups in total. The number of aliphatic hydroxyl groups excluding tert-OH is 2.